The van der Waals surface area contributed by atoms with E-state index in [9.17, 15) is 9.59 Å². The third kappa shape index (κ3) is 3.73. The van der Waals surface area contributed by atoms with Gasteiger partial charge in [0.25, 0.3) is 0 Å². The smallest absolute Gasteiger partial charge is 0.307 e. The minimum absolute atomic E-state index is 0.270. The molecule has 0 fully saturated rings. The molecule has 0 heterocycles. The lowest BCUT2D eigenvalue weighted by molar-refractivity contribution is -0.149. The molecule has 0 radical (unpaired) electrons. The zero-order valence-corrected chi connectivity index (χ0v) is 7.56. The van der Waals surface area contributed by atoms with E-state index in [1.807, 2.05) is 6.92 Å². The lowest BCUT2D eigenvalue weighted by Crippen LogP contribution is -2.24. The Labute approximate surface area is 76.9 Å². The normalized spacial score (nSPS) is 14.5. The summed E-state index contributed by atoms with van der Waals surface area (Å²) >= 11 is 0. The predicted octanol–water partition coefficient (Wildman–Crippen LogP) is 1.37. The lowest BCUT2D eigenvalue weighted by Gasteiger charge is -2.16. The summed E-state index contributed by atoms with van der Waals surface area (Å²) in [5.41, 5.74) is 0. The van der Waals surface area contributed by atoms with E-state index in [0.717, 1.165) is 0 Å². The van der Waals surface area contributed by atoms with E-state index in [1.165, 1.54) is 6.08 Å². The van der Waals surface area contributed by atoms with Crippen molar-refractivity contribution >= 4 is 11.9 Å². The van der Waals surface area contributed by atoms with E-state index in [4.69, 9.17) is 10.2 Å². The Balaban J connectivity index is 4.47. The minimum Gasteiger partial charge on any atom is -0.481 e. The van der Waals surface area contributed by atoms with Crippen LogP contribution in [0.1, 0.15) is 19.8 Å². The predicted molar refractivity (Wildman–Crippen MR) is 47.4 cm³/mol. The van der Waals surface area contributed by atoms with Crippen LogP contribution in [0, 0.1) is 11.8 Å². The van der Waals surface area contributed by atoms with Crippen molar-refractivity contribution in [2.75, 3.05) is 0 Å². The molecule has 4 heteroatoms. The van der Waals surface area contributed by atoms with Crippen LogP contribution in [0.5, 0.6) is 0 Å². The van der Waals surface area contributed by atoms with Gasteiger partial charge in [-0.1, -0.05) is 13.0 Å². The second-order valence-electron chi connectivity index (χ2n) is 2.85. The second-order valence-corrected chi connectivity index (χ2v) is 2.85. The maximum Gasteiger partial charge on any atom is 0.307 e. The molecule has 0 amide bonds. The summed E-state index contributed by atoms with van der Waals surface area (Å²) in [7, 11) is 0. The molecule has 2 atom stereocenters. The van der Waals surface area contributed by atoms with Crippen molar-refractivity contribution in [3.8, 4) is 0 Å². The van der Waals surface area contributed by atoms with E-state index in [-0.39, 0.29) is 12.3 Å². The van der Waals surface area contributed by atoms with Crippen LogP contribution in [0.25, 0.3) is 0 Å². The van der Waals surface area contributed by atoms with Crippen LogP contribution in [0.4, 0.5) is 0 Å². The summed E-state index contributed by atoms with van der Waals surface area (Å²) in [6.07, 6.45) is 1.75. The van der Waals surface area contributed by atoms with Crippen molar-refractivity contribution in [2.24, 2.45) is 11.8 Å². The molecule has 0 spiro atoms. The molecule has 4 nitrogen and oxygen atoms in total. The summed E-state index contributed by atoms with van der Waals surface area (Å²) in [4.78, 5) is 21.0. The quantitative estimate of drug-likeness (QED) is 0.614. The van der Waals surface area contributed by atoms with Gasteiger partial charge in [0, 0.05) is 0 Å². The van der Waals surface area contributed by atoms with Crippen molar-refractivity contribution in [3.05, 3.63) is 12.7 Å². The van der Waals surface area contributed by atoms with E-state index in [2.05, 4.69) is 6.58 Å². The van der Waals surface area contributed by atoms with Crippen LogP contribution in [0.15, 0.2) is 12.7 Å². The number of allylic oxidation sites excluding steroid dienone is 1. The van der Waals surface area contributed by atoms with Crippen molar-refractivity contribution in [2.45, 2.75) is 19.8 Å². The molecule has 1 unspecified atom stereocenters. The number of rotatable bonds is 6. The number of carbonyl (C=O) groups is 2. The van der Waals surface area contributed by atoms with Gasteiger partial charge in [0.2, 0.25) is 0 Å². The molecule has 2 N–H and O–H groups in total. The summed E-state index contributed by atoms with van der Waals surface area (Å²) in [6.45, 7) is 5.30. The van der Waals surface area contributed by atoms with Crippen molar-refractivity contribution in [1.29, 1.82) is 0 Å². The minimum atomic E-state index is -1.09. The maximum atomic E-state index is 10.7. The number of carboxylic acids is 2. The molecule has 0 aliphatic heterocycles. The molecule has 74 valence electrons. The monoisotopic (exact) mass is 186 g/mol. The van der Waals surface area contributed by atoms with Crippen LogP contribution in [-0.4, -0.2) is 22.2 Å². The third-order valence-corrected chi connectivity index (χ3v) is 2.00. The third-order valence-electron chi connectivity index (χ3n) is 2.00. The van der Waals surface area contributed by atoms with Gasteiger partial charge in [0.1, 0.15) is 0 Å². The van der Waals surface area contributed by atoms with Crippen molar-refractivity contribution in [1.82, 2.24) is 0 Å². The van der Waals surface area contributed by atoms with E-state index in [1.54, 1.807) is 0 Å². The van der Waals surface area contributed by atoms with E-state index >= 15 is 0 Å². The maximum absolute atomic E-state index is 10.7. The van der Waals surface area contributed by atoms with Gasteiger partial charge in [-0.05, 0) is 12.3 Å². The van der Waals surface area contributed by atoms with Gasteiger partial charge in [0.05, 0.1) is 12.3 Å². The number of hydrogen-bond donors (Lipinski definition) is 2. The average Bonchev–Trinajstić information content (AvgIpc) is 2.04. The lowest BCUT2D eigenvalue weighted by atomic mass is 9.87. The average molecular weight is 186 g/mol. The first-order valence-electron chi connectivity index (χ1n) is 4.10. The molecule has 0 aromatic rings. The van der Waals surface area contributed by atoms with Gasteiger partial charge in [0.15, 0.2) is 0 Å². The number of hydrogen-bond acceptors (Lipinski definition) is 2. The van der Waals surface area contributed by atoms with Crippen LogP contribution < -0.4 is 0 Å². The Morgan fingerprint density at radius 1 is 1.46 bits per heavy atom. The Morgan fingerprint density at radius 3 is 2.23 bits per heavy atom. The zero-order valence-electron chi connectivity index (χ0n) is 7.56. The molecule has 13 heavy (non-hydrogen) atoms. The highest BCUT2D eigenvalue weighted by Crippen LogP contribution is 2.20. The molecule has 0 aromatic heterocycles. The molecular weight excluding hydrogens is 172 g/mol. The Hall–Kier alpha value is -1.32. The summed E-state index contributed by atoms with van der Waals surface area (Å²) in [6, 6.07) is 0. The van der Waals surface area contributed by atoms with E-state index < -0.39 is 17.9 Å². The van der Waals surface area contributed by atoms with Gasteiger partial charge < -0.3 is 10.2 Å². The SMILES string of the molecule is C=CC(CC)[C@H](CC(=O)O)C(=O)O. The Morgan fingerprint density at radius 2 is 2.00 bits per heavy atom. The van der Waals surface area contributed by atoms with Crippen LogP contribution in [0.2, 0.25) is 0 Å². The zero-order chi connectivity index (χ0) is 10.4. The standard InChI is InChI=1S/C9H14O4/c1-3-6(4-2)7(9(12)13)5-8(10)11/h3,6-7H,1,4-5H2,2H3,(H,10,11)(H,12,13)/t6?,7-/m0/s1. The molecular formula is C9H14O4. The van der Waals surface area contributed by atoms with Gasteiger partial charge in [-0.25, -0.2) is 0 Å². The molecule has 0 saturated heterocycles. The van der Waals surface area contributed by atoms with Crippen LogP contribution in [0.3, 0.4) is 0 Å². The summed E-state index contributed by atoms with van der Waals surface area (Å²) in [5.74, 6) is -3.30. The van der Waals surface area contributed by atoms with Gasteiger partial charge in [-0.3, -0.25) is 9.59 Å². The first-order chi connectivity index (χ1) is 6.02. The topological polar surface area (TPSA) is 74.6 Å². The Bertz CT molecular complexity index is 210. The number of aliphatic carboxylic acids is 2. The number of carboxylic acid groups (broad SMARTS) is 2. The van der Waals surface area contributed by atoms with Gasteiger partial charge in [-0.15, -0.1) is 6.58 Å². The van der Waals surface area contributed by atoms with Crippen molar-refractivity contribution in [3.63, 3.8) is 0 Å². The highest BCUT2D eigenvalue weighted by Gasteiger charge is 2.26. The fraction of sp³-hybridized carbons (Fsp3) is 0.556. The van der Waals surface area contributed by atoms with Gasteiger partial charge in [-0.2, -0.15) is 0 Å². The molecule has 0 aliphatic rings. The van der Waals surface area contributed by atoms with Crippen molar-refractivity contribution < 1.29 is 19.8 Å². The molecule has 0 rings (SSSR count). The van der Waals surface area contributed by atoms with E-state index in [0.29, 0.717) is 6.42 Å². The van der Waals surface area contributed by atoms with Gasteiger partial charge >= 0.3 is 11.9 Å². The van der Waals surface area contributed by atoms with Crippen LogP contribution in [-0.2, 0) is 9.59 Å². The Kier molecular flexibility index (Phi) is 4.80. The fourth-order valence-corrected chi connectivity index (χ4v) is 1.23. The largest absolute Gasteiger partial charge is 0.481 e. The fourth-order valence-electron chi connectivity index (χ4n) is 1.23. The highest BCUT2D eigenvalue weighted by molar-refractivity contribution is 5.78. The molecule has 0 bridgehead atoms. The highest BCUT2D eigenvalue weighted by atomic mass is 16.4. The molecule has 0 saturated carbocycles. The summed E-state index contributed by atoms with van der Waals surface area (Å²) < 4.78 is 0. The molecule has 0 aliphatic carbocycles. The molecule has 0 aromatic carbocycles. The first-order valence-corrected chi connectivity index (χ1v) is 4.10. The first kappa shape index (κ1) is 11.7. The summed E-state index contributed by atoms with van der Waals surface area (Å²) in [5, 5.41) is 17.2. The second kappa shape index (κ2) is 5.35. The van der Waals surface area contributed by atoms with Crippen LogP contribution >= 0.6 is 0 Å².